The third kappa shape index (κ3) is 2.43. The van der Waals surface area contributed by atoms with Crippen LogP contribution in [0.5, 0.6) is 0 Å². The molecular weight excluding hydrogens is 309 g/mol. The van der Waals surface area contributed by atoms with Gasteiger partial charge in [0.15, 0.2) is 0 Å². The molecule has 1 unspecified atom stereocenters. The van der Waals surface area contributed by atoms with E-state index in [0.717, 1.165) is 19.9 Å². The maximum Gasteiger partial charge on any atom is 0.427 e. The summed E-state index contributed by atoms with van der Waals surface area (Å²) in [5.41, 5.74) is -2.36. The molecule has 1 aliphatic carbocycles. The number of aliphatic hydroxyl groups is 1. The van der Waals surface area contributed by atoms with Crippen LogP contribution < -0.4 is 5.32 Å². The second-order valence-electron chi connectivity index (χ2n) is 5.78. The highest BCUT2D eigenvalue weighted by atomic mass is 19.4. The van der Waals surface area contributed by atoms with Gasteiger partial charge in [0.25, 0.3) is 0 Å². The fraction of sp³-hybridized carbons (Fsp3) is 0.438. The molecule has 23 heavy (non-hydrogen) atoms. The van der Waals surface area contributed by atoms with Crippen molar-refractivity contribution in [2.24, 2.45) is 5.92 Å². The Morgan fingerprint density at radius 2 is 2.13 bits per heavy atom. The summed E-state index contributed by atoms with van der Waals surface area (Å²) in [6, 6.07) is 3.14. The molecule has 4 nitrogen and oxygen atoms in total. The van der Waals surface area contributed by atoms with Gasteiger partial charge in [0, 0.05) is 24.2 Å². The molecular formula is C16H15F3N2O2. The monoisotopic (exact) mass is 324 g/mol. The van der Waals surface area contributed by atoms with Crippen LogP contribution in [-0.4, -0.2) is 29.3 Å². The number of halogens is 3. The van der Waals surface area contributed by atoms with E-state index in [4.69, 9.17) is 5.11 Å². The maximum atomic E-state index is 14.0. The second kappa shape index (κ2) is 5.17. The van der Waals surface area contributed by atoms with Crippen molar-refractivity contribution in [1.82, 2.24) is 4.90 Å². The molecule has 1 atom stereocenters. The summed E-state index contributed by atoms with van der Waals surface area (Å²) in [5.74, 6) is 4.96. The summed E-state index contributed by atoms with van der Waals surface area (Å²) in [5, 5.41) is 11.6. The number of nitrogens with zero attached hydrogens (tertiary/aromatic N) is 1. The number of urea groups is 1. The Morgan fingerprint density at radius 3 is 2.70 bits per heavy atom. The number of rotatable bonds is 1. The number of carbonyl (C=O) groups excluding carboxylic acids is 1. The average Bonchev–Trinajstić information content (AvgIpc) is 3.30. The van der Waals surface area contributed by atoms with Gasteiger partial charge in [0.05, 0.1) is 6.61 Å². The van der Waals surface area contributed by atoms with E-state index in [1.807, 2.05) is 0 Å². The SMILES string of the molecule is CN1C(=O)Nc2cc(CO)ccc2C1(C#CC1CC1)C(F)(F)F. The lowest BCUT2D eigenvalue weighted by atomic mass is 9.84. The predicted molar refractivity (Wildman–Crippen MR) is 77.4 cm³/mol. The zero-order chi connectivity index (χ0) is 16.8. The van der Waals surface area contributed by atoms with Crippen LogP contribution in [-0.2, 0) is 12.1 Å². The molecule has 0 spiro atoms. The van der Waals surface area contributed by atoms with Crippen molar-refractivity contribution in [3.63, 3.8) is 0 Å². The van der Waals surface area contributed by atoms with Crippen molar-refractivity contribution in [1.29, 1.82) is 0 Å². The summed E-state index contributed by atoms with van der Waals surface area (Å²) in [6.45, 7) is -0.328. The van der Waals surface area contributed by atoms with E-state index in [9.17, 15) is 18.0 Å². The van der Waals surface area contributed by atoms with E-state index in [1.54, 1.807) is 0 Å². The standard InChI is InChI=1S/C16H15F3N2O2/c1-21-14(23)20-13-8-11(9-22)4-5-12(13)15(21,16(17,18)19)7-6-10-2-3-10/h4-5,8,10,22H,2-3,9H2,1H3,(H,20,23). The number of nitrogens with one attached hydrogen (secondary N) is 1. The number of hydrogen-bond donors (Lipinski definition) is 2. The van der Waals surface area contributed by atoms with Crippen LogP contribution in [0.25, 0.3) is 0 Å². The van der Waals surface area contributed by atoms with Gasteiger partial charge in [-0.05, 0) is 24.5 Å². The number of amides is 2. The molecule has 3 rings (SSSR count). The van der Waals surface area contributed by atoms with E-state index in [-0.39, 0.29) is 23.8 Å². The number of aliphatic hydroxyl groups excluding tert-OH is 1. The van der Waals surface area contributed by atoms with Crippen LogP contribution in [0.4, 0.5) is 23.7 Å². The minimum Gasteiger partial charge on any atom is -0.392 e. The van der Waals surface area contributed by atoms with Gasteiger partial charge in [0.1, 0.15) is 0 Å². The van der Waals surface area contributed by atoms with Crippen molar-refractivity contribution in [3.8, 4) is 11.8 Å². The molecule has 1 saturated carbocycles. The van der Waals surface area contributed by atoms with Crippen molar-refractivity contribution in [2.75, 3.05) is 12.4 Å². The van der Waals surface area contributed by atoms with E-state index < -0.39 is 17.7 Å². The minimum absolute atomic E-state index is 0.0297. The average molecular weight is 324 g/mol. The van der Waals surface area contributed by atoms with Gasteiger partial charge in [0.2, 0.25) is 5.54 Å². The number of benzene rings is 1. The summed E-state index contributed by atoms with van der Waals surface area (Å²) in [7, 11) is 1.09. The fourth-order valence-electron chi connectivity index (χ4n) is 2.64. The number of fused-ring (bicyclic) bond motifs is 1. The zero-order valence-corrected chi connectivity index (χ0v) is 12.4. The number of carbonyl (C=O) groups is 1. The Labute approximate surface area is 131 Å². The summed E-state index contributed by atoms with van der Waals surface area (Å²) < 4.78 is 41.9. The smallest absolute Gasteiger partial charge is 0.392 e. The van der Waals surface area contributed by atoms with Crippen LogP contribution in [0.3, 0.4) is 0 Å². The highest BCUT2D eigenvalue weighted by Crippen LogP contribution is 2.48. The van der Waals surface area contributed by atoms with Crippen LogP contribution in [0.2, 0.25) is 0 Å². The summed E-state index contributed by atoms with van der Waals surface area (Å²) in [4.78, 5) is 12.7. The Bertz CT molecular complexity index is 716. The topological polar surface area (TPSA) is 52.6 Å². The number of alkyl halides is 3. The third-order valence-electron chi connectivity index (χ3n) is 4.15. The van der Waals surface area contributed by atoms with Crippen LogP contribution in [0.1, 0.15) is 24.0 Å². The quantitative estimate of drug-likeness (QED) is 0.781. The molecule has 1 aromatic rings. The Kier molecular flexibility index (Phi) is 3.52. The fourth-order valence-corrected chi connectivity index (χ4v) is 2.64. The van der Waals surface area contributed by atoms with Crippen molar-refractivity contribution in [2.45, 2.75) is 31.2 Å². The van der Waals surface area contributed by atoms with E-state index in [0.29, 0.717) is 10.5 Å². The van der Waals surface area contributed by atoms with E-state index >= 15 is 0 Å². The van der Waals surface area contributed by atoms with Crippen LogP contribution in [0, 0.1) is 17.8 Å². The molecule has 0 bridgehead atoms. The molecule has 1 fully saturated rings. The Morgan fingerprint density at radius 1 is 1.43 bits per heavy atom. The highest BCUT2D eigenvalue weighted by molar-refractivity contribution is 5.94. The van der Waals surface area contributed by atoms with Crippen molar-refractivity contribution in [3.05, 3.63) is 29.3 Å². The summed E-state index contributed by atoms with van der Waals surface area (Å²) in [6.07, 6.45) is -3.18. The second-order valence-corrected chi connectivity index (χ2v) is 5.78. The van der Waals surface area contributed by atoms with Gasteiger partial charge in [-0.15, -0.1) is 0 Å². The molecule has 1 heterocycles. The predicted octanol–water partition coefficient (Wildman–Crippen LogP) is 2.83. The lowest BCUT2D eigenvalue weighted by Crippen LogP contribution is -2.59. The zero-order valence-electron chi connectivity index (χ0n) is 12.4. The lowest BCUT2D eigenvalue weighted by molar-refractivity contribution is -0.203. The number of anilines is 1. The van der Waals surface area contributed by atoms with Crippen LogP contribution in [0.15, 0.2) is 18.2 Å². The molecule has 0 radical (unpaired) electrons. The third-order valence-corrected chi connectivity index (χ3v) is 4.15. The first-order valence-electron chi connectivity index (χ1n) is 7.18. The first kappa shape index (κ1) is 15.7. The molecule has 2 amide bonds. The van der Waals surface area contributed by atoms with Gasteiger partial charge < -0.3 is 10.4 Å². The van der Waals surface area contributed by atoms with Gasteiger partial charge >= 0.3 is 12.2 Å². The minimum atomic E-state index is -4.75. The molecule has 1 aromatic carbocycles. The molecule has 2 aliphatic rings. The first-order valence-corrected chi connectivity index (χ1v) is 7.18. The molecule has 122 valence electrons. The van der Waals surface area contributed by atoms with E-state index in [2.05, 4.69) is 17.2 Å². The molecule has 0 aromatic heterocycles. The largest absolute Gasteiger partial charge is 0.427 e. The van der Waals surface area contributed by atoms with Crippen molar-refractivity contribution >= 4 is 11.7 Å². The Hall–Kier alpha value is -2.20. The highest BCUT2D eigenvalue weighted by Gasteiger charge is 2.62. The molecule has 1 aliphatic heterocycles. The van der Waals surface area contributed by atoms with Gasteiger partial charge in [-0.3, -0.25) is 4.90 Å². The summed E-state index contributed by atoms with van der Waals surface area (Å²) >= 11 is 0. The lowest BCUT2D eigenvalue weighted by Gasteiger charge is -2.43. The number of hydrogen-bond acceptors (Lipinski definition) is 2. The Balaban J connectivity index is 2.25. The van der Waals surface area contributed by atoms with Gasteiger partial charge in [-0.1, -0.05) is 24.0 Å². The molecule has 0 saturated heterocycles. The molecule has 2 N–H and O–H groups in total. The van der Waals surface area contributed by atoms with Crippen LogP contribution >= 0.6 is 0 Å². The first-order chi connectivity index (χ1) is 10.8. The normalized spacial score (nSPS) is 23.7. The molecule has 7 heteroatoms. The van der Waals surface area contributed by atoms with E-state index in [1.165, 1.54) is 18.2 Å². The van der Waals surface area contributed by atoms with Gasteiger partial charge in [-0.2, -0.15) is 13.2 Å². The maximum absolute atomic E-state index is 14.0. The van der Waals surface area contributed by atoms with Crippen molar-refractivity contribution < 1.29 is 23.1 Å². The van der Waals surface area contributed by atoms with Gasteiger partial charge in [-0.25, -0.2) is 4.79 Å².